The Morgan fingerprint density at radius 1 is 0.947 bits per heavy atom. The van der Waals surface area contributed by atoms with E-state index >= 15 is 0 Å². The summed E-state index contributed by atoms with van der Waals surface area (Å²) in [6.07, 6.45) is 6.78. The van der Waals surface area contributed by atoms with Crippen molar-refractivity contribution in [2.75, 3.05) is 0 Å². The maximum atomic E-state index is 12.6. The molecule has 2 atom stereocenters. The van der Waals surface area contributed by atoms with Crippen LogP contribution in [0.3, 0.4) is 0 Å². The molecule has 0 bridgehead atoms. The predicted octanol–water partition coefficient (Wildman–Crippen LogP) is 3.44. The summed E-state index contributed by atoms with van der Waals surface area (Å²) in [7, 11) is -3.32. The minimum Gasteiger partial charge on any atom is -0.207 e. The molecule has 1 aliphatic carbocycles. The van der Waals surface area contributed by atoms with Crippen molar-refractivity contribution in [1.29, 1.82) is 0 Å². The van der Waals surface area contributed by atoms with Crippen LogP contribution in [0.15, 0.2) is 29.2 Å². The number of sulfonamides is 1. The van der Waals surface area contributed by atoms with Gasteiger partial charge in [-0.05, 0) is 37.1 Å². The molecule has 1 aromatic rings. The number of rotatable bonds is 2. The number of benzene rings is 1. The van der Waals surface area contributed by atoms with E-state index in [9.17, 15) is 8.42 Å². The van der Waals surface area contributed by atoms with Crippen LogP contribution in [0.1, 0.15) is 38.5 Å². The molecule has 1 aliphatic heterocycles. The summed E-state index contributed by atoms with van der Waals surface area (Å²) >= 11 is 5.81. The first kappa shape index (κ1) is 13.4. The van der Waals surface area contributed by atoms with Crippen LogP contribution in [0.4, 0.5) is 0 Å². The van der Waals surface area contributed by atoms with E-state index in [1.807, 2.05) is 0 Å². The molecule has 0 amide bonds. The second-order valence-electron chi connectivity index (χ2n) is 5.42. The summed E-state index contributed by atoms with van der Waals surface area (Å²) in [6, 6.07) is 6.95. The molecule has 2 aliphatic rings. The monoisotopic (exact) mass is 299 g/mol. The quantitative estimate of drug-likeness (QED) is 0.785. The highest BCUT2D eigenvalue weighted by atomic mass is 35.5. The zero-order valence-electron chi connectivity index (χ0n) is 10.8. The number of hydrogen-bond donors (Lipinski definition) is 0. The molecule has 1 heterocycles. The van der Waals surface area contributed by atoms with Crippen LogP contribution in [0.5, 0.6) is 0 Å². The highest BCUT2D eigenvalue weighted by molar-refractivity contribution is 7.89. The first-order chi connectivity index (χ1) is 9.10. The van der Waals surface area contributed by atoms with E-state index in [2.05, 4.69) is 0 Å². The van der Waals surface area contributed by atoms with Crippen LogP contribution in [-0.2, 0) is 10.0 Å². The van der Waals surface area contributed by atoms with Crippen molar-refractivity contribution in [2.24, 2.45) is 0 Å². The van der Waals surface area contributed by atoms with Gasteiger partial charge in [0.2, 0.25) is 10.0 Å². The normalized spacial score (nSPS) is 31.1. The molecule has 1 saturated carbocycles. The van der Waals surface area contributed by atoms with Crippen LogP contribution in [0.25, 0.3) is 0 Å². The molecule has 19 heavy (non-hydrogen) atoms. The molecule has 1 saturated heterocycles. The van der Waals surface area contributed by atoms with Gasteiger partial charge in [0.15, 0.2) is 0 Å². The predicted molar refractivity (Wildman–Crippen MR) is 75.8 cm³/mol. The van der Waals surface area contributed by atoms with E-state index < -0.39 is 10.0 Å². The van der Waals surface area contributed by atoms with Crippen LogP contribution < -0.4 is 0 Å². The Balaban J connectivity index is 1.83. The van der Waals surface area contributed by atoms with E-state index in [4.69, 9.17) is 11.6 Å². The fourth-order valence-corrected chi connectivity index (χ4v) is 5.09. The first-order valence-corrected chi connectivity index (χ1v) is 8.71. The van der Waals surface area contributed by atoms with Gasteiger partial charge in [-0.15, -0.1) is 0 Å². The highest BCUT2D eigenvalue weighted by Crippen LogP contribution is 2.43. The Bertz CT molecular complexity index is 541. The molecular weight excluding hydrogens is 282 g/mol. The van der Waals surface area contributed by atoms with Gasteiger partial charge < -0.3 is 0 Å². The minimum atomic E-state index is -3.32. The third kappa shape index (κ3) is 2.54. The molecule has 1 aromatic carbocycles. The number of hydrogen-bond acceptors (Lipinski definition) is 2. The Morgan fingerprint density at radius 2 is 1.47 bits per heavy atom. The summed E-state index contributed by atoms with van der Waals surface area (Å²) in [4.78, 5) is 0.364. The van der Waals surface area contributed by atoms with E-state index in [1.165, 1.54) is 12.8 Å². The summed E-state index contributed by atoms with van der Waals surface area (Å²) in [5, 5.41) is 0.566. The van der Waals surface area contributed by atoms with Crippen LogP contribution >= 0.6 is 11.6 Å². The maximum Gasteiger partial charge on any atom is 0.243 e. The van der Waals surface area contributed by atoms with Gasteiger partial charge in [-0.1, -0.05) is 37.3 Å². The second-order valence-corrected chi connectivity index (χ2v) is 7.69. The molecule has 0 spiro atoms. The Morgan fingerprint density at radius 3 is 2.00 bits per heavy atom. The molecule has 0 aromatic heterocycles. The van der Waals surface area contributed by atoms with Crippen LogP contribution in [0.2, 0.25) is 5.02 Å². The molecular formula is C14H18ClNO2S. The second kappa shape index (κ2) is 5.08. The largest absolute Gasteiger partial charge is 0.243 e. The molecule has 5 heteroatoms. The fourth-order valence-electron chi connectivity index (χ4n) is 3.09. The minimum absolute atomic E-state index is 0.237. The van der Waals surface area contributed by atoms with Crippen molar-refractivity contribution >= 4 is 21.6 Å². The number of fused-ring (bicyclic) bond motifs is 1. The molecule has 0 N–H and O–H groups in total. The Kier molecular flexibility index (Phi) is 3.58. The maximum absolute atomic E-state index is 12.6. The van der Waals surface area contributed by atoms with Crippen molar-refractivity contribution in [3.63, 3.8) is 0 Å². The number of nitrogens with zero attached hydrogens (tertiary/aromatic N) is 1. The van der Waals surface area contributed by atoms with Gasteiger partial charge in [0.1, 0.15) is 0 Å². The summed E-state index contributed by atoms with van der Waals surface area (Å²) in [5.41, 5.74) is 0. The van der Waals surface area contributed by atoms with Gasteiger partial charge in [0.25, 0.3) is 0 Å². The van der Waals surface area contributed by atoms with Crippen LogP contribution in [-0.4, -0.2) is 24.8 Å². The van der Waals surface area contributed by atoms with Gasteiger partial charge in [0, 0.05) is 17.1 Å². The van der Waals surface area contributed by atoms with Gasteiger partial charge >= 0.3 is 0 Å². The topological polar surface area (TPSA) is 37.1 Å². The lowest BCUT2D eigenvalue weighted by atomic mass is 10.0. The van der Waals surface area contributed by atoms with Crippen molar-refractivity contribution in [1.82, 2.24) is 4.31 Å². The third-order valence-electron chi connectivity index (χ3n) is 4.15. The van der Waals surface area contributed by atoms with Gasteiger partial charge in [-0.3, -0.25) is 0 Å². The molecule has 104 valence electrons. The van der Waals surface area contributed by atoms with Crippen molar-refractivity contribution in [3.05, 3.63) is 29.3 Å². The Labute approximate surface area is 119 Å². The standard InChI is InChI=1S/C14H18ClNO2S/c15-11-7-9-12(10-8-11)19(17,18)16-13-5-3-1-2-4-6-14(13)16/h7-10,13-14H,1-6H2. The van der Waals surface area contributed by atoms with Crippen molar-refractivity contribution in [3.8, 4) is 0 Å². The van der Waals surface area contributed by atoms with E-state index in [0.717, 1.165) is 25.7 Å². The summed E-state index contributed by atoms with van der Waals surface area (Å²) in [6.45, 7) is 0. The SMILES string of the molecule is O=S(=O)(c1ccc(Cl)cc1)N1C2CCCCCCC21. The molecule has 2 fully saturated rings. The van der Waals surface area contributed by atoms with E-state index in [0.29, 0.717) is 9.92 Å². The average molecular weight is 300 g/mol. The molecule has 0 radical (unpaired) electrons. The van der Waals surface area contributed by atoms with Gasteiger partial charge in [-0.25, -0.2) is 8.42 Å². The smallest absolute Gasteiger partial charge is 0.207 e. The van der Waals surface area contributed by atoms with Gasteiger partial charge in [-0.2, -0.15) is 4.31 Å². The zero-order chi connectivity index (χ0) is 13.5. The van der Waals surface area contributed by atoms with Crippen LogP contribution in [0, 0.1) is 0 Å². The van der Waals surface area contributed by atoms with Crippen molar-refractivity contribution in [2.45, 2.75) is 55.5 Å². The highest BCUT2D eigenvalue weighted by Gasteiger charge is 2.54. The number of halogens is 1. The molecule has 3 rings (SSSR count). The lowest BCUT2D eigenvalue weighted by Gasteiger charge is -2.06. The lowest BCUT2D eigenvalue weighted by Crippen LogP contribution is -2.15. The summed E-state index contributed by atoms with van der Waals surface area (Å²) < 4.78 is 26.9. The van der Waals surface area contributed by atoms with Gasteiger partial charge in [0.05, 0.1) is 4.90 Å². The van der Waals surface area contributed by atoms with E-state index in [-0.39, 0.29) is 12.1 Å². The molecule has 3 nitrogen and oxygen atoms in total. The summed E-state index contributed by atoms with van der Waals surface area (Å²) in [5.74, 6) is 0. The fraction of sp³-hybridized carbons (Fsp3) is 0.571. The first-order valence-electron chi connectivity index (χ1n) is 6.90. The Hall–Kier alpha value is -0.580. The van der Waals surface area contributed by atoms with Crippen molar-refractivity contribution < 1.29 is 8.42 Å². The zero-order valence-corrected chi connectivity index (χ0v) is 12.3. The lowest BCUT2D eigenvalue weighted by molar-refractivity contribution is 0.538. The third-order valence-corrected chi connectivity index (χ3v) is 6.36. The average Bonchev–Trinajstić information content (AvgIpc) is 3.02. The van der Waals surface area contributed by atoms with E-state index in [1.54, 1.807) is 28.6 Å². The molecule has 2 unspecified atom stereocenters.